The first kappa shape index (κ1) is 16.5. The van der Waals surface area contributed by atoms with Crippen molar-refractivity contribution in [2.75, 3.05) is 17.2 Å². The van der Waals surface area contributed by atoms with Crippen molar-refractivity contribution in [3.63, 3.8) is 0 Å². The first-order valence-electron chi connectivity index (χ1n) is 7.77. The number of rotatable bonds is 5. The van der Waals surface area contributed by atoms with Crippen LogP contribution in [0.15, 0.2) is 59.2 Å². The molecule has 3 aromatic rings. The van der Waals surface area contributed by atoms with E-state index in [-0.39, 0.29) is 5.91 Å². The van der Waals surface area contributed by atoms with Crippen LogP contribution in [0.4, 0.5) is 11.4 Å². The number of carbonyl (C=O) groups is 1. The van der Waals surface area contributed by atoms with E-state index in [1.807, 2.05) is 55.5 Å². The number of halogens is 1. The Balaban J connectivity index is 1.58. The molecule has 0 aliphatic heterocycles. The van der Waals surface area contributed by atoms with Crippen LogP contribution in [0.1, 0.15) is 12.0 Å². The van der Waals surface area contributed by atoms with E-state index in [1.165, 1.54) is 0 Å². The van der Waals surface area contributed by atoms with Crippen LogP contribution in [0, 0.1) is 6.92 Å². The summed E-state index contributed by atoms with van der Waals surface area (Å²) in [5, 5.41) is 7.32. The van der Waals surface area contributed by atoms with Gasteiger partial charge in [-0.2, -0.15) is 0 Å². The van der Waals surface area contributed by atoms with Crippen molar-refractivity contribution in [1.82, 2.24) is 4.98 Å². The zero-order chi connectivity index (χ0) is 16.9. The number of anilines is 2. The highest BCUT2D eigenvalue weighted by molar-refractivity contribution is 9.10. The van der Waals surface area contributed by atoms with Crippen LogP contribution in [-0.2, 0) is 4.79 Å². The van der Waals surface area contributed by atoms with E-state index in [2.05, 4.69) is 31.5 Å². The standard InChI is InChI=1S/C19H18BrN3O/c1-13-12-15(20)7-8-16(13)23-18(24)9-11-21-17-6-2-4-14-5-3-10-22-19(14)17/h2-8,10,12,21H,9,11H2,1H3,(H,23,24). The third-order valence-electron chi connectivity index (χ3n) is 3.76. The van der Waals surface area contributed by atoms with E-state index in [0.29, 0.717) is 13.0 Å². The summed E-state index contributed by atoms with van der Waals surface area (Å²) in [5.74, 6) is -0.0129. The Labute approximate surface area is 149 Å². The van der Waals surface area contributed by atoms with Gasteiger partial charge in [0.2, 0.25) is 5.91 Å². The Morgan fingerprint density at radius 3 is 2.79 bits per heavy atom. The Bertz CT molecular complexity index is 874. The number of amides is 1. The first-order chi connectivity index (χ1) is 11.6. The smallest absolute Gasteiger partial charge is 0.226 e. The highest BCUT2D eigenvalue weighted by atomic mass is 79.9. The molecular formula is C19H18BrN3O. The van der Waals surface area contributed by atoms with Gasteiger partial charge in [0.15, 0.2) is 0 Å². The Kier molecular flexibility index (Phi) is 5.11. The van der Waals surface area contributed by atoms with Gasteiger partial charge in [-0.3, -0.25) is 9.78 Å². The van der Waals surface area contributed by atoms with Gasteiger partial charge < -0.3 is 10.6 Å². The van der Waals surface area contributed by atoms with Gasteiger partial charge in [0, 0.05) is 34.7 Å². The van der Waals surface area contributed by atoms with Gasteiger partial charge in [-0.05, 0) is 42.8 Å². The minimum Gasteiger partial charge on any atom is -0.383 e. The van der Waals surface area contributed by atoms with Crippen LogP contribution < -0.4 is 10.6 Å². The van der Waals surface area contributed by atoms with Gasteiger partial charge in [0.25, 0.3) is 0 Å². The molecule has 0 aliphatic carbocycles. The number of aromatic nitrogens is 1. The third-order valence-corrected chi connectivity index (χ3v) is 4.26. The third kappa shape index (κ3) is 3.92. The molecule has 0 spiro atoms. The molecule has 0 aliphatic rings. The van der Waals surface area contributed by atoms with Crippen LogP contribution in [-0.4, -0.2) is 17.4 Å². The fraction of sp³-hybridized carbons (Fsp3) is 0.158. The molecule has 0 radical (unpaired) electrons. The first-order valence-corrected chi connectivity index (χ1v) is 8.56. The van der Waals surface area contributed by atoms with E-state index in [1.54, 1.807) is 6.20 Å². The molecule has 0 fully saturated rings. The molecule has 0 bridgehead atoms. The molecule has 1 aromatic heterocycles. The summed E-state index contributed by atoms with van der Waals surface area (Å²) < 4.78 is 1.00. The molecule has 2 N–H and O–H groups in total. The molecular weight excluding hydrogens is 366 g/mol. The monoisotopic (exact) mass is 383 g/mol. The van der Waals surface area contributed by atoms with Gasteiger partial charge in [-0.25, -0.2) is 0 Å². The van der Waals surface area contributed by atoms with Crippen molar-refractivity contribution in [1.29, 1.82) is 0 Å². The molecule has 1 amide bonds. The number of nitrogens with zero attached hydrogens (tertiary/aromatic N) is 1. The van der Waals surface area contributed by atoms with Gasteiger partial charge in [0.1, 0.15) is 0 Å². The molecule has 5 heteroatoms. The second-order valence-corrected chi connectivity index (χ2v) is 6.48. The van der Waals surface area contributed by atoms with Crippen molar-refractivity contribution in [2.45, 2.75) is 13.3 Å². The Morgan fingerprint density at radius 1 is 1.12 bits per heavy atom. The maximum atomic E-state index is 12.1. The highest BCUT2D eigenvalue weighted by Gasteiger charge is 2.06. The Morgan fingerprint density at radius 2 is 1.96 bits per heavy atom. The number of para-hydroxylation sites is 1. The summed E-state index contributed by atoms with van der Waals surface area (Å²) >= 11 is 3.42. The largest absolute Gasteiger partial charge is 0.383 e. The van der Waals surface area contributed by atoms with Crippen molar-refractivity contribution >= 4 is 44.1 Å². The van der Waals surface area contributed by atoms with Gasteiger partial charge in [-0.15, -0.1) is 0 Å². The quantitative estimate of drug-likeness (QED) is 0.668. The molecule has 1 heterocycles. The summed E-state index contributed by atoms with van der Waals surface area (Å²) in [6, 6.07) is 15.7. The molecule has 2 aromatic carbocycles. The number of benzene rings is 2. The molecule has 0 unspecified atom stereocenters. The maximum absolute atomic E-state index is 12.1. The van der Waals surface area contributed by atoms with E-state index >= 15 is 0 Å². The lowest BCUT2D eigenvalue weighted by molar-refractivity contribution is -0.115. The van der Waals surface area contributed by atoms with Gasteiger partial charge in [-0.1, -0.05) is 34.1 Å². The van der Waals surface area contributed by atoms with Crippen LogP contribution in [0.2, 0.25) is 0 Å². The van der Waals surface area contributed by atoms with Crippen molar-refractivity contribution in [3.05, 3.63) is 64.8 Å². The summed E-state index contributed by atoms with van der Waals surface area (Å²) in [7, 11) is 0. The molecule has 0 saturated heterocycles. The predicted molar refractivity (Wildman–Crippen MR) is 102 cm³/mol. The minimum atomic E-state index is -0.0129. The maximum Gasteiger partial charge on any atom is 0.226 e. The van der Waals surface area contributed by atoms with Gasteiger partial charge >= 0.3 is 0 Å². The minimum absolute atomic E-state index is 0.0129. The molecule has 24 heavy (non-hydrogen) atoms. The summed E-state index contributed by atoms with van der Waals surface area (Å²) in [6.07, 6.45) is 2.16. The average Bonchev–Trinajstić information content (AvgIpc) is 2.58. The molecule has 0 atom stereocenters. The summed E-state index contributed by atoms with van der Waals surface area (Å²) in [6.45, 7) is 2.53. The number of pyridine rings is 1. The van der Waals surface area contributed by atoms with Crippen molar-refractivity contribution in [2.24, 2.45) is 0 Å². The number of hydrogen-bond acceptors (Lipinski definition) is 3. The Hall–Kier alpha value is -2.40. The van der Waals surface area contributed by atoms with Crippen LogP contribution in [0.5, 0.6) is 0 Å². The number of hydrogen-bond donors (Lipinski definition) is 2. The fourth-order valence-electron chi connectivity index (χ4n) is 2.54. The van der Waals surface area contributed by atoms with E-state index in [9.17, 15) is 4.79 Å². The number of carbonyl (C=O) groups excluding carboxylic acids is 1. The average molecular weight is 384 g/mol. The molecule has 3 rings (SSSR count). The SMILES string of the molecule is Cc1cc(Br)ccc1NC(=O)CCNc1cccc2cccnc12. The lowest BCUT2D eigenvalue weighted by Gasteiger charge is -2.11. The normalized spacial score (nSPS) is 10.6. The van der Waals surface area contributed by atoms with Crippen molar-refractivity contribution in [3.8, 4) is 0 Å². The zero-order valence-corrected chi connectivity index (χ0v) is 14.9. The second kappa shape index (κ2) is 7.45. The summed E-state index contributed by atoms with van der Waals surface area (Å²) in [4.78, 5) is 16.5. The second-order valence-electron chi connectivity index (χ2n) is 5.56. The topological polar surface area (TPSA) is 54.0 Å². The predicted octanol–water partition coefficient (Wildman–Crippen LogP) is 4.75. The zero-order valence-electron chi connectivity index (χ0n) is 13.3. The molecule has 0 saturated carbocycles. The van der Waals surface area contributed by atoms with E-state index in [4.69, 9.17) is 0 Å². The van der Waals surface area contributed by atoms with Crippen LogP contribution in [0.3, 0.4) is 0 Å². The lowest BCUT2D eigenvalue weighted by Crippen LogP contribution is -2.17. The van der Waals surface area contributed by atoms with Crippen molar-refractivity contribution < 1.29 is 4.79 Å². The molecule has 122 valence electrons. The van der Waals surface area contributed by atoms with Crippen LogP contribution >= 0.6 is 15.9 Å². The number of fused-ring (bicyclic) bond motifs is 1. The molecule has 4 nitrogen and oxygen atoms in total. The van der Waals surface area contributed by atoms with E-state index in [0.717, 1.165) is 32.3 Å². The van der Waals surface area contributed by atoms with E-state index < -0.39 is 0 Å². The highest BCUT2D eigenvalue weighted by Crippen LogP contribution is 2.21. The number of nitrogens with one attached hydrogen (secondary N) is 2. The van der Waals surface area contributed by atoms with Crippen LogP contribution in [0.25, 0.3) is 10.9 Å². The fourth-order valence-corrected chi connectivity index (χ4v) is 3.01. The lowest BCUT2D eigenvalue weighted by atomic mass is 10.2. The summed E-state index contributed by atoms with van der Waals surface area (Å²) in [5.41, 5.74) is 3.74. The van der Waals surface area contributed by atoms with Gasteiger partial charge in [0.05, 0.1) is 11.2 Å². The number of aryl methyl sites for hydroxylation is 1.